The van der Waals surface area contributed by atoms with Crippen LogP contribution in [0.2, 0.25) is 0 Å². The minimum Gasteiger partial charge on any atom is -0.465 e. The largest absolute Gasteiger partial charge is 0.465 e. The molecule has 72 valence electrons. The topological polar surface area (TPSA) is 29.5 Å². The molecule has 1 unspecified atom stereocenters. The minimum atomic E-state index is -0.746. The Bertz CT molecular complexity index is 263. The Kier molecular flexibility index (Phi) is 4.06. The van der Waals surface area contributed by atoms with E-state index in [-0.39, 0.29) is 0 Å². The average Bonchev–Trinajstić information content (AvgIpc) is 2.18. The van der Waals surface area contributed by atoms with Crippen molar-refractivity contribution >= 4 is 11.6 Å². The Balaban J connectivity index is 2.74. The normalized spacial score (nSPS) is 12.5. The third-order valence-corrected chi connectivity index (χ3v) is 2.02. The summed E-state index contributed by atoms with van der Waals surface area (Å²) in [6, 6.07) is 7.43. The van der Waals surface area contributed by atoms with Gasteiger partial charge in [0.05, 0.1) is 5.88 Å². The maximum atomic E-state index is 9.27. The van der Waals surface area contributed by atoms with E-state index in [0.29, 0.717) is 18.1 Å². The summed E-state index contributed by atoms with van der Waals surface area (Å²) in [7, 11) is 0. The Hall–Kier alpha value is -0.730. The molecule has 0 saturated carbocycles. The lowest BCUT2D eigenvalue weighted by atomic mass is 10.2. The molecule has 2 nitrogen and oxygen atoms in total. The molecule has 0 spiro atoms. The highest BCUT2D eigenvalue weighted by Crippen LogP contribution is 2.20. The number of hydrogen-bond acceptors (Lipinski definition) is 2. The number of aliphatic hydroxyl groups excluding tert-OH is 1. The first-order valence-corrected chi connectivity index (χ1v) is 4.80. The molecule has 1 aromatic carbocycles. The van der Waals surface area contributed by atoms with Crippen LogP contribution in [-0.4, -0.2) is 11.4 Å². The number of ether oxygens (including phenoxy) is 1. The minimum absolute atomic E-state index is 0.395. The Labute approximate surface area is 83.1 Å². The number of halogens is 1. The van der Waals surface area contributed by atoms with E-state index in [1.807, 2.05) is 25.1 Å². The summed E-state index contributed by atoms with van der Waals surface area (Å²) < 4.78 is 5.26. The first kappa shape index (κ1) is 10.4. The third kappa shape index (κ3) is 2.90. The van der Waals surface area contributed by atoms with E-state index in [1.54, 1.807) is 6.07 Å². The van der Waals surface area contributed by atoms with Crippen molar-refractivity contribution < 1.29 is 9.84 Å². The molecule has 1 N–H and O–H groups in total. The summed E-state index contributed by atoms with van der Waals surface area (Å²) in [6.07, 6.45) is -0.180. The monoisotopic (exact) mass is 200 g/mol. The third-order valence-electron chi connectivity index (χ3n) is 1.73. The summed E-state index contributed by atoms with van der Waals surface area (Å²) in [4.78, 5) is 0. The predicted molar refractivity (Wildman–Crippen MR) is 52.9 cm³/mol. The molecule has 13 heavy (non-hydrogen) atoms. The molecular formula is C10H13ClO2. The zero-order valence-electron chi connectivity index (χ0n) is 7.53. The molecule has 3 heteroatoms. The molecule has 0 radical (unpaired) electrons. The molecule has 0 saturated heterocycles. The quantitative estimate of drug-likeness (QED) is 0.598. The molecule has 0 amide bonds. The second-order valence-corrected chi connectivity index (χ2v) is 2.99. The molecule has 0 aliphatic rings. The lowest BCUT2D eigenvalue weighted by molar-refractivity contribution is -0.0196. The van der Waals surface area contributed by atoms with E-state index in [4.69, 9.17) is 16.3 Å². The summed E-state index contributed by atoms with van der Waals surface area (Å²) in [5, 5.41) is 9.27. The van der Waals surface area contributed by atoms with Crippen molar-refractivity contribution in [1.29, 1.82) is 0 Å². The van der Waals surface area contributed by atoms with Crippen LogP contribution >= 0.6 is 11.6 Å². The number of rotatable bonds is 4. The van der Waals surface area contributed by atoms with E-state index in [9.17, 15) is 5.11 Å². The number of para-hydroxylation sites is 1. The van der Waals surface area contributed by atoms with Crippen molar-refractivity contribution in [3.05, 3.63) is 29.8 Å². The van der Waals surface area contributed by atoms with Crippen LogP contribution in [0.1, 0.15) is 18.9 Å². The van der Waals surface area contributed by atoms with Gasteiger partial charge in [-0.05, 0) is 6.07 Å². The van der Waals surface area contributed by atoms with Crippen molar-refractivity contribution in [1.82, 2.24) is 0 Å². The van der Waals surface area contributed by atoms with Crippen molar-refractivity contribution in [3.63, 3.8) is 0 Å². The number of alkyl halides is 1. The van der Waals surface area contributed by atoms with Gasteiger partial charge in [0.25, 0.3) is 0 Å². The smallest absolute Gasteiger partial charge is 0.197 e. The standard InChI is InChI=1S/C10H13ClO2/c1-2-10(12)13-9-6-4-3-5-8(9)7-11/h3-6,10,12H,2,7H2,1H3. The first-order chi connectivity index (χ1) is 6.27. The molecule has 1 rings (SSSR count). The van der Waals surface area contributed by atoms with Crippen LogP contribution in [0.25, 0.3) is 0 Å². The van der Waals surface area contributed by atoms with Crippen molar-refractivity contribution in [2.24, 2.45) is 0 Å². The van der Waals surface area contributed by atoms with Crippen LogP contribution in [0.15, 0.2) is 24.3 Å². The molecule has 0 fully saturated rings. The second kappa shape index (κ2) is 5.10. The lowest BCUT2D eigenvalue weighted by Gasteiger charge is -2.13. The zero-order valence-corrected chi connectivity index (χ0v) is 8.29. The van der Waals surface area contributed by atoms with E-state index < -0.39 is 6.29 Å². The van der Waals surface area contributed by atoms with Gasteiger partial charge in [-0.15, -0.1) is 11.6 Å². The molecule has 1 atom stereocenters. The van der Waals surface area contributed by atoms with E-state index >= 15 is 0 Å². The first-order valence-electron chi connectivity index (χ1n) is 4.26. The molecule has 0 aliphatic heterocycles. The fraction of sp³-hybridized carbons (Fsp3) is 0.400. The van der Waals surface area contributed by atoms with Gasteiger partial charge in [-0.1, -0.05) is 25.1 Å². The average molecular weight is 201 g/mol. The van der Waals surface area contributed by atoms with Crippen LogP contribution in [0.3, 0.4) is 0 Å². The SMILES string of the molecule is CCC(O)Oc1ccccc1CCl. The molecule has 1 aromatic rings. The summed E-state index contributed by atoms with van der Waals surface area (Å²) >= 11 is 5.70. The Morgan fingerprint density at radius 2 is 2.15 bits per heavy atom. The second-order valence-electron chi connectivity index (χ2n) is 2.72. The highest BCUT2D eigenvalue weighted by molar-refractivity contribution is 6.17. The lowest BCUT2D eigenvalue weighted by Crippen LogP contribution is -2.14. The van der Waals surface area contributed by atoms with E-state index in [0.717, 1.165) is 5.56 Å². The molecule has 0 aliphatic carbocycles. The van der Waals surface area contributed by atoms with Gasteiger partial charge in [0.15, 0.2) is 6.29 Å². The van der Waals surface area contributed by atoms with Gasteiger partial charge in [-0.2, -0.15) is 0 Å². The van der Waals surface area contributed by atoms with Crippen LogP contribution < -0.4 is 4.74 Å². The summed E-state index contributed by atoms with van der Waals surface area (Å²) in [5.41, 5.74) is 0.900. The molecule has 0 aromatic heterocycles. The van der Waals surface area contributed by atoms with Crippen LogP contribution in [0.4, 0.5) is 0 Å². The van der Waals surface area contributed by atoms with Gasteiger partial charge in [0.2, 0.25) is 0 Å². The van der Waals surface area contributed by atoms with Crippen LogP contribution in [-0.2, 0) is 5.88 Å². The maximum Gasteiger partial charge on any atom is 0.197 e. The van der Waals surface area contributed by atoms with Crippen molar-refractivity contribution in [2.45, 2.75) is 25.5 Å². The van der Waals surface area contributed by atoms with E-state index in [1.165, 1.54) is 0 Å². The highest BCUT2D eigenvalue weighted by atomic mass is 35.5. The van der Waals surface area contributed by atoms with Gasteiger partial charge in [0.1, 0.15) is 5.75 Å². The van der Waals surface area contributed by atoms with Gasteiger partial charge < -0.3 is 9.84 Å². The molecule has 0 heterocycles. The fourth-order valence-electron chi connectivity index (χ4n) is 0.959. The van der Waals surface area contributed by atoms with Crippen LogP contribution in [0.5, 0.6) is 5.75 Å². The van der Waals surface area contributed by atoms with Gasteiger partial charge in [-0.25, -0.2) is 0 Å². The Morgan fingerprint density at radius 1 is 1.46 bits per heavy atom. The van der Waals surface area contributed by atoms with Crippen molar-refractivity contribution in [3.8, 4) is 5.75 Å². The molecule has 0 bridgehead atoms. The zero-order chi connectivity index (χ0) is 9.68. The molecular weight excluding hydrogens is 188 g/mol. The summed E-state index contributed by atoms with van der Waals surface area (Å²) in [6.45, 7) is 1.86. The fourth-order valence-corrected chi connectivity index (χ4v) is 1.18. The van der Waals surface area contributed by atoms with E-state index in [2.05, 4.69) is 0 Å². The summed E-state index contributed by atoms with van der Waals surface area (Å²) in [5.74, 6) is 1.05. The number of aliphatic hydroxyl groups is 1. The van der Waals surface area contributed by atoms with Gasteiger partial charge in [0, 0.05) is 12.0 Å². The predicted octanol–water partition coefficient (Wildman–Crippen LogP) is 2.53. The highest BCUT2D eigenvalue weighted by Gasteiger charge is 2.05. The number of hydrogen-bond donors (Lipinski definition) is 1. The van der Waals surface area contributed by atoms with Gasteiger partial charge >= 0.3 is 0 Å². The Morgan fingerprint density at radius 3 is 2.77 bits per heavy atom. The van der Waals surface area contributed by atoms with Crippen molar-refractivity contribution in [2.75, 3.05) is 0 Å². The van der Waals surface area contributed by atoms with Gasteiger partial charge in [-0.3, -0.25) is 0 Å². The maximum absolute atomic E-state index is 9.27. The van der Waals surface area contributed by atoms with Crippen LogP contribution in [0, 0.1) is 0 Å². The number of benzene rings is 1.